The topological polar surface area (TPSA) is 0 Å². The van der Waals surface area contributed by atoms with Gasteiger partial charge in [-0.05, 0) is 26.2 Å². The molecule has 0 heteroatoms. The Labute approximate surface area is 89.4 Å². The van der Waals surface area contributed by atoms with Gasteiger partial charge in [0.1, 0.15) is 0 Å². The Morgan fingerprint density at radius 1 is 0.857 bits per heavy atom. The first-order valence-corrected chi connectivity index (χ1v) is 5.84. The molecule has 0 aromatic rings. The standard InChI is InChI=1S/C14H24/c1-3-5-7-9-11-13-14-12-10-8-6-4-2/h3,5,7,9,13-14H,4,6,8,10-12H2,1-2H3/b5-3+,9-7+,14-13?. The Balaban J connectivity index is 3.19. The fraction of sp³-hybridized carbons (Fsp3) is 0.571. The van der Waals surface area contributed by atoms with Gasteiger partial charge in [0.25, 0.3) is 0 Å². The highest BCUT2D eigenvalue weighted by atomic mass is 13.9. The number of hydrogen-bond donors (Lipinski definition) is 0. The zero-order chi connectivity index (χ0) is 10.5. The zero-order valence-electron chi connectivity index (χ0n) is 9.71. The van der Waals surface area contributed by atoms with Gasteiger partial charge in [0.05, 0.1) is 0 Å². The van der Waals surface area contributed by atoms with Crippen LogP contribution < -0.4 is 0 Å². The molecule has 0 amide bonds. The minimum absolute atomic E-state index is 1.07. The Morgan fingerprint density at radius 2 is 1.71 bits per heavy atom. The van der Waals surface area contributed by atoms with E-state index < -0.39 is 0 Å². The zero-order valence-corrected chi connectivity index (χ0v) is 9.71. The van der Waals surface area contributed by atoms with Crippen molar-refractivity contribution in [3.63, 3.8) is 0 Å². The summed E-state index contributed by atoms with van der Waals surface area (Å²) in [6, 6.07) is 0. The van der Waals surface area contributed by atoms with E-state index >= 15 is 0 Å². The van der Waals surface area contributed by atoms with Crippen LogP contribution in [0.5, 0.6) is 0 Å². The molecule has 0 N–H and O–H groups in total. The second kappa shape index (κ2) is 12.2. The number of unbranched alkanes of at least 4 members (excludes halogenated alkanes) is 4. The molecule has 0 radical (unpaired) electrons. The molecule has 80 valence electrons. The van der Waals surface area contributed by atoms with E-state index in [0.29, 0.717) is 0 Å². The fourth-order valence-corrected chi connectivity index (χ4v) is 1.25. The molecule has 0 rings (SSSR count). The van der Waals surface area contributed by atoms with Crippen molar-refractivity contribution in [1.82, 2.24) is 0 Å². The molecule has 0 unspecified atom stereocenters. The van der Waals surface area contributed by atoms with Crippen LogP contribution in [0.3, 0.4) is 0 Å². The van der Waals surface area contributed by atoms with Crippen molar-refractivity contribution in [2.75, 3.05) is 0 Å². The average Bonchev–Trinajstić information content (AvgIpc) is 2.21. The maximum atomic E-state index is 2.30. The molecule has 0 bridgehead atoms. The molecule has 0 aromatic heterocycles. The molecule has 0 aliphatic carbocycles. The predicted molar refractivity (Wildman–Crippen MR) is 66.5 cm³/mol. The molecule has 0 nitrogen and oxygen atoms in total. The normalized spacial score (nSPS) is 12.4. The first-order chi connectivity index (χ1) is 6.91. The Morgan fingerprint density at radius 3 is 2.43 bits per heavy atom. The molecule has 0 aliphatic heterocycles. The first kappa shape index (κ1) is 13.2. The van der Waals surface area contributed by atoms with E-state index in [0.717, 1.165) is 6.42 Å². The van der Waals surface area contributed by atoms with Crippen molar-refractivity contribution < 1.29 is 0 Å². The van der Waals surface area contributed by atoms with Crippen LogP contribution in [0.4, 0.5) is 0 Å². The highest BCUT2D eigenvalue weighted by molar-refractivity contribution is 5.03. The van der Waals surface area contributed by atoms with Gasteiger partial charge < -0.3 is 0 Å². The predicted octanol–water partition coefficient (Wildman–Crippen LogP) is 5.04. The highest BCUT2D eigenvalue weighted by Crippen LogP contribution is 2.03. The lowest BCUT2D eigenvalue weighted by atomic mass is 10.1. The summed E-state index contributed by atoms with van der Waals surface area (Å²) in [5, 5.41) is 0. The minimum atomic E-state index is 1.07. The van der Waals surface area contributed by atoms with E-state index in [2.05, 4.69) is 37.3 Å². The summed E-state index contributed by atoms with van der Waals surface area (Å²) in [4.78, 5) is 0. The van der Waals surface area contributed by atoms with Crippen LogP contribution in [-0.4, -0.2) is 0 Å². The SMILES string of the molecule is C/C=C/C=C/CC=CCCCCCC. The van der Waals surface area contributed by atoms with Crippen molar-refractivity contribution in [1.29, 1.82) is 0 Å². The van der Waals surface area contributed by atoms with Gasteiger partial charge in [-0.15, -0.1) is 0 Å². The molecule has 0 aromatic carbocycles. The summed E-state index contributed by atoms with van der Waals surface area (Å²) in [5.41, 5.74) is 0. The molecule has 0 atom stereocenters. The monoisotopic (exact) mass is 192 g/mol. The van der Waals surface area contributed by atoms with Gasteiger partial charge in [-0.2, -0.15) is 0 Å². The lowest BCUT2D eigenvalue weighted by molar-refractivity contribution is 0.674. The van der Waals surface area contributed by atoms with E-state index in [9.17, 15) is 0 Å². The summed E-state index contributed by atoms with van der Waals surface area (Å²) in [7, 11) is 0. The van der Waals surface area contributed by atoms with Crippen molar-refractivity contribution in [3.8, 4) is 0 Å². The molecule has 0 fully saturated rings. The first-order valence-electron chi connectivity index (χ1n) is 5.84. The second-order valence-corrected chi connectivity index (χ2v) is 3.51. The molecule has 0 heterocycles. The van der Waals surface area contributed by atoms with Crippen LogP contribution in [0.25, 0.3) is 0 Å². The second-order valence-electron chi connectivity index (χ2n) is 3.51. The van der Waals surface area contributed by atoms with Crippen LogP contribution >= 0.6 is 0 Å². The maximum absolute atomic E-state index is 2.30. The Kier molecular flexibility index (Phi) is 11.5. The van der Waals surface area contributed by atoms with E-state index in [1.807, 2.05) is 13.0 Å². The largest absolute Gasteiger partial charge is 0.0882 e. The number of rotatable bonds is 8. The third kappa shape index (κ3) is 11.2. The van der Waals surface area contributed by atoms with E-state index in [-0.39, 0.29) is 0 Å². The molecular formula is C14H24. The Bertz CT molecular complexity index is 172. The lowest BCUT2D eigenvalue weighted by Gasteiger charge is -1.93. The van der Waals surface area contributed by atoms with Crippen LogP contribution in [0.1, 0.15) is 52.4 Å². The average molecular weight is 192 g/mol. The van der Waals surface area contributed by atoms with Gasteiger partial charge >= 0.3 is 0 Å². The molecular weight excluding hydrogens is 168 g/mol. The van der Waals surface area contributed by atoms with Gasteiger partial charge in [-0.1, -0.05) is 62.6 Å². The van der Waals surface area contributed by atoms with Crippen molar-refractivity contribution in [3.05, 3.63) is 36.5 Å². The summed E-state index contributed by atoms with van der Waals surface area (Å²) < 4.78 is 0. The van der Waals surface area contributed by atoms with Gasteiger partial charge in [-0.3, -0.25) is 0 Å². The quantitative estimate of drug-likeness (QED) is 0.287. The van der Waals surface area contributed by atoms with Crippen LogP contribution in [0, 0.1) is 0 Å². The smallest absolute Gasteiger partial charge is 0.0166 e. The van der Waals surface area contributed by atoms with Crippen molar-refractivity contribution in [2.45, 2.75) is 52.4 Å². The van der Waals surface area contributed by atoms with Crippen LogP contribution in [0.15, 0.2) is 36.5 Å². The summed E-state index contributed by atoms with van der Waals surface area (Å²) in [6.07, 6.45) is 20.7. The van der Waals surface area contributed by atoms with Gasteiger partial charge in [0, 0.05) is 0 Å². The highest BCUT2D eigenvalue weighted by Gasteiger charge is 1.83. The summed E-state index contributed by atoms with van der Waals surface area (Å²) >= 11 is 0. The minimum Gasteiger partial charge on any atom is -0.0882 e. The van der Waals surface area contributed by atoms with E-state index in [4.69, 9.17) is 0 Å². The van der Waals surface area contributed by atoms with E-state index in [1.54, 1.807) is 0 Å². The van der Waals surface area contributed by atoms with Crippen molar-refractivity contribution >= 4 is 0 Å². The van der Waals surface area contributed by atoms with Gasteiger partial charge in [-0.25, -0.2) is 0 Å². The van der Waals surface area contributed by atoms with E-state index in [1.165, 1.54) is 32.1 Å². The van der Waals surface area contributed by atoms with Gasteiger partial charge in [0.2, 0.25) is 0 Å². The molecule has 0 aliphatic rings. The third-order valence-corrected chi connectivity index (χ3v) is 2.10. The van der Waals surface area contributed by atoms with Crippen molar-refractivity contribution in [2.24, 2.45) is 0 Å². The maximum Gasteiger partial charge on any atom is -0.0166 e. The molecule has 14 heavy (non-hydrogen) atoms. The fourth-order valence-electron chi connectivity index (χ4n) is 1.25. The van der Waals surface area contributed by atoms with Gasteiger partial charge in [0.15, 0.2) is 0 Å². The van der Waals surface area contributed by atoms with Crippen LogP contribution in [-0.2, 0) is 0 Å². The third-order valence-electron chi connectivity index (χ3n) is 2.10. The molecule has 0 spiro atoms. The Hall–Kier alpha value is -0.780. The summed E-state index contributed by atoms with van der Waals surface area (Å²) in [5.74, 6) is 0. The molecule has 0 saturated heterocycles. The summed E-state index contributed by atoms with van der Waals surface area (Å²) in [6.45, 7) is 4.29. The lowest BCUT2D eigenvalue weighted by Crippen LogP contribution is -1.73. The molecule has 0 saturated carbocycles. The number of allylic oxidation sites excluding steroid dienone is 6. The van der Waals surface area contributed by atoms with Crippen LogP contribution in [0.2, 0.25) is 0 Å². The number of hydrogen-bond acceptors (Lipinski definition) is 0.